The van der Waals surface area contributed by atoms with E-state index >= 15 is 0 Å². The van der Waals surface area contributed by atoms with E-state index in [1.807, 2.05) is 12.4 Å². The molecule has 1 atom stereocenters. The molecule has 114 valence electrons. The number of nitrogens with one attached hydrogen (secondary N) is 1. The third-order valence-corrected chi connectivity index (χ3v) is 4.52. The quantitative estimate of drug-likeness (QED) is 0.732. The van der Waals surface area contributed by atoms with Gasteiger partial charge in [0.1, 0.15) is 5.82 Å². The van der Waals surface area contributed by atoms with Crippen LogP contribution in [0.3, 0.4) is 0 Å². The minimum Gasteiger partial charge on any atom is -0.338 e. The molecule has 4 heteroatoms. The van der Waals surface area contributed by atoms with Gasteiger partial charge in [0.05, 0.1) is 0 Å². The number of nitrogens with zero attached hydrogens (tertiary/aromatic N) is 2. The van der Waals surface area contributed by atoms with E-state index in [1.165, 1.54) is 16.5 Å². The van der Waals surface area contributed by atoms with Crippen molar-refractivity contribution in [1.29, 1.82) is 0 Å². The predicted molar refractivity (Wildman–Crippen MR) is 91.6 cm³/mol. The van der Waals surface area contributed by atoms with Gasteiger partial charge in [-0.15, -0.1) is 0 Å². The molecule has 0 aliphatic rings. The van der Waals surface area contributed by atoms with Crippen molar-refractivity contribution in [3.8, 4) is 0 Å². The van der Waals surface area contributed by atoms with Gasteiger partial charge < -0.3 is 9.88 Å². The van der Waals surface area contributed by atoms with Crippen LogP contribution in [-0.2, 0) is 13.5 Å². The third-order valence-electron chi connectivity index (χ3n) is 3.80. The standard InChI is InChI=1S/C17H24BrN3/c1-3-10-19-13-14(15-6-4-5-7-16(15)18)8-9-17-20-11-12-21(17)2/h4-7,11-12,14,19H,3,8-10,13H2,1-2H3. The smallest absolute Gasteiger partial charge is 0.108 e. The first kappa shape index (κ1) is 16.2. The van der Waals surface area contributed by atoms with Gasteiger partial charge in [-0.05, 0) is 36.9 Å². The zero-order valence-corrected chi connectivity index (χ0v) is 14.4. The van der Waals surface area contributed by atoms with Gasteiger partial charge in [0.15, 0.2) is 0 Å². The highest BCUT2D eigenvalue weighted by molar-refractivity contribution is 9.10. The van der Waals surface area contributed by atoms with Gasteiger partial charge in [0.25, 0.3) is 0 Å². The zero-order valence-electron chi connectivity index (χ0n) is 12.8. The number of imidazole rings is 1. The molecule has 21 heavy (non-hydrogen) atoms. The van der Waals surface area contributed by atoms with Gasteiger partial charge in [0.2, 0.25) is 0 Å². The lowest BCUT2D eigenvalue weighted by Crippen LogP contribution is -2.23. The summed E-state index contributed by atoms with van der Waals surface area (Å²) in [6, 6.07) is 8.54. The molecule has 1 aromatic carbocycles. The summed E-state index contributed by atoms with van der Waals surface area (Å²) in [5.41, 5.74) is 1.38. The molecule has 0 fully saturated rings. The molecular weight excluding hydrogens is 326 g/mol. The molecule has 0 aliphatic heterocycles. The Morgan fingerprint density at radius 2 is 2.14 bits per heavy atom. The fraction of sp³-hybridized carbons (Fsp3) is 0.471. The van der Waals surface area contributed by atoms with Crippen molar-refractivity contribution < 1.29 is 0 Å². The van der Waals surface area contributed by atoms with E-state index in [0.717, 1.165) is 31.8 Å². The lowest BCUT2D eigenvalue weighted by atomic mass is 9.94. The molecule has 0 saturated carbocycles. The molecule has 1 heterocycles. The van der Waals surface area contributed by atoms with Crippen molar-refractivity contribution in [2.75, 3.05) is 13.1 Å². The van der Waals surface area contributed by atoms with Crippen LogP contribution in [0.25, 0.3) is 0 Å². The summed E-state index contributed by atoms with van der Waals surface area (Å²) in [5, 5.41) is 3.56. The lowest BCUT2D eigenvalue weighted by molar-refractivity contribution is 0.537. The maximum absolute atomic E-state index is 4.43. The van der Waals surface area contributed by atoms with Crippen molar-refractivity contribution >= 4 is 15.9 Å². The molecule has 0 saturated heterocycles. The number of rotatable bonds is 8. The van der Waals surface area contributed by atoms with Crippen LogP contribution in [0.5, 0.6) is 0 Å². The normalized spacial score (nSPS) is 12.5. The number of hydrogen-bond acceptors (Lipinski definition) is 2. The monoisotopic (exact) mass is 349 g/mol. The van der Waals surface area contributed by atoms with Gasteiger partial charge in [-0.3, -0.25) is 0 Å². The summed E-state index contributed by atoms with van der Waals surface area (Å²) in [5.74, 6) is 1.66. The van der Waals surface area contributed by atoms with Gasteiger partial charge in [0, 0.05) is 36.9 Å². The molecule has 0 spiro atoms. The first-order chi connectivity index (χ1) is 10.2. The molecule has 0 radical (unpaired) electrons. The summed E-state index contributed by atoms with van der Waals surface area (Å²) >= 11 is 3.69. The SMILES string of the molecule is CCCNCC(CCc1nccn1C)c1ccccc1Br. The van der Waals surface area contributed by atoms with E-state index in [4.69, 9.17) is 0 Å². The second-order valence-electron chi connectivity index (χ2n) is 5.42. The number of benzene rings is 1. The fourth-order valence-corrected chi connectivity index (χ4v) is 3.18. The summed E-state index contributed by atoms with van der Waals surface area (Å²) in [7, 11) is 2.06. The predicted octanol–water partition coefficient (Wildman–Crippen LogP) is 3.90. The van der Waals surface area contributed by atoms with Crippen LogP contribution < -0.4 is 5.32 Å². The third kappa shape index (κ3) is 4.68. The molecular formula is C17H24BrN3. The molecule has 0 aliphatic carbocycles. The molecule has 1 unspecified atom stereocenters. The zero-order chi connectivity index (χ0) is 15.1. The average Bonchev–Trinajstić information content (AvgIpc) is 2.89. The number of aromatic nitrogens is 2. The Hall–Kier alpha value is -1.13. The van der Waals surface area contributed by atoms with E-state index < -0.39 is 0 Å². The second kappa shape index (κ2) is 8.35. The first-order valence-corrected chi connectivity index (χ1v) is 8.43. The van der Waals surface area contributed by atoms with Crippen LogP contribution in [0.1, 0.15) is 37.1 Å². The van der Waals surface area contributed by atoms with Crippen LogP contribution >= 0.6 is 15.9 Å². The van der Waals surface area contributed by atoms with E-state index in [-0.39, 0.29) is 0 Å². The van der Waals surface area contributed by atoms with Crippen LogP contribution in [0.4, 0.5) is 0 Å². The van der Waals surface area contributed by atoms with Gasteiger partial charge >= 0.3 is 0 Å². The van der Waals surface area contributed by atoms with E-state index in [2.05, 4.69) is 69.0 Å². The van der Waals surface area contributed by atoms with Gasteiger partial charge in [-0.2, -0.15) is 0 Å². The highest BCUT2D eigenvalue weighted by Crippen LogP contribution is 2.28. The molecule has 3 nitrogen and oxygen atoms in total. The summed E-state index contributed by atoms with van der Waals surface area (Å²) in [6.45, 7) is 4.29. The minimum atomic E-state index is 0.504. The van der Waals surface area contributed by atoms with E-state index in [9.17, 15) is 0 Å². The second-order valence-corrected chi connectivity index (χ2v) is 6.27. The molecule has 2 aromatic rings. The van der Waals surface area contributed by atoms with Gasteiger partial charge in [-0.25, -0.2) is 4.98 Å². The Bertz CT molecular complexity index is 550. The Labute approximate surface area is 135 Å². The molecule has 1 N–H and O–H groups in total. The number of halogens is 1. The largest absolute Gasteiger partial charge is 0.338 e. The molecule has 0 amide bonds. The topological polar surface area (TPSA) is 29.9 Å². The van der Waals surface area contributed by atoms with Crippen molar-refractivity contribution in [2.45, 2.75) is 32.1 Å². The summed E-state index contributed by atoms with van der Waals surface area (Å²) in [4.78, 5) is 4.43. The van der Waals surface area contributed by atoms with Crippen molar-refractivity contribution in [1.82, 2.24) is 14.9 Å². The van der Waals surface area contributed by atoms with E-state index in [0.29, 0.717) is 5.92 Å². The van der Waals surface area contributed by atoms with Crippen LogP contribution in [-0.4, -0.2) is 22.6 Å². The fourth-order valence-electron chi connectivity index (χ4n) is 2.57. The molecule has 2 rings (SSSR count). The van der Waals surface area contributed by atoms with Gasteiger partial charge in [-0.1, -0.05) is 41.1 Å². The van der Waals surface area contributed by atoms with E-state index in [1.54, 1.807) is 0 Å². The summed E-state index contributed by atoms with van der Waals surface area (Å²) in [6.07, 6.45) is 7.16. The van der Waals surface area contributed by atoms with Crippen molar-refractivity contribution in [3.63, 3.8) is 0 Å². The van der Waals surface area contributed by atoms with Crippen molar-refractivity contribution in [2.24, 2.45) is 7.05 Å². The maximum atomic E-state index is 4.43. The lowest BCUT2D eigenvalue weighted by Gasteiger charge is -2.19. The van der Waals surface area contributed by atoms with Crippen LogP contribution in [0.2, 0.25) is 0 Å². The number of hydrogen-bond donors (Lipinski definition) is 1. The molecule has 0 bridgehead atoms. The Morgan fingerprint density at radius 1 is 1.33 bits per heavy atom. The first-order valence-electron chi connectivity index (χ1n) is 7.63. The molecule has 1 aromatic heterocycles. The Balaban J connectivity index is 2.05. The van der Waals surface area contributed by atoms with Crippen LogP contribution in [0, 0.1) is 0 Å². The minimum absolute atomic E-state index is 0.504. The van der Waals surface area contributed by atoms with Crippen LogP contribution in [0.15, 0.2) is 41.1 Å². The number of aryl methyl sites for hydroxylation is 2. The van der Waals surface area contributed by atoms with Crippen molar-refractivity contribution in [3.05, 3.63) is 52.5 Å². The maximum Gasteiger partial charge on any atom is 0.108 e. The Kier molecular flexibility index (Phi) is 6.46. The summed E-state index contributed by atoms with van der Waals surface area (Å²) < 4.78 is 3.31. The highest BCUT2D eigenvalue weighted by atomic mass is 79.9. The Morgan fingerprint density at radius 3 is 2.81 bits per heavy atom. The highest BCUT2D eigenvalue weighted by Gasteiger charge is 2.15. The average molecular weight is 350 g/mol.